The van der Waals surface area contributed by atoms with Crippen LogP contribution < -0.4 is 5.32 Å². The standard InChI is InChI=1S/C16H23NO2/c1-3-17-15(16(2)7-4-8-19-16)12-5-6-13-10-18-11-14(13)9-12/h5-6,9,15,17H,3-4,7-8,10-11H2,1-2H3. The second-order valence-corrected chi connectivity index (χ2v) is 5.78. The third kappa shape index (κ3) is 2.42. The van der Waals surface area contributed by atoms with Crippen LogP contribution in [0.25, 0.3) is 0 Å². The first-order chi connectivity index (χ1) is 9.23. The molecule has 1 aromatic carbocycles. The SMILES string of the molecule is CCNC(c1ccc2c(c1)COC2)C1(C)CCCO1. The van der Waals surface area contributed by atoms with Crippen molar-refractivity contribution in [1.82, 2.24) is 5.32 Å². The number of ether oxygens (including phenoxy) is 2. The van der Waals surface area contributed by atoms with Gasteiger partial charge in [-0.15, -0.1) is 0 Å². The van der Waals surface area contributed by atoms with E-state index in [2.05, 4.69) is 37.4 Å². The van der Waals surface area contributed by atoms with Crippen LogP contribution in [0.1, 0.15) is 49.4 Å². The third-order valence-corrected chi connectivity index (χ3v) is 4.35. The molecule has 0 aliphatic carbocycles. The van der Waals surface area contributed by atoms with Crippen molar-refractivity contribution in [3.8, 4) is 0 Å². The molecule has 2 unspecified atom stereocenters. The fourth-order valence-electron chi connectivity index (χ4n) is 3.29. The van der Waals surface area contributed by atoms with Crippen LogP contribution in [-0.4, -0.2) is 18.8 Å². The van der Waals surface area contributed by atoms with Gasteiger partial charge in [0.05, 0.1) is 24.9 Å². The molecule has 1 aromatic rings. The fourth-order valence-corrected chi connectivity index (χ4v) is 3.29. The summed E-state index contributed by atoms with van der Waals surface area (Å²) in [6.07, 6.45) is 2.28. The molecule has 0 spiro atoms. The molecular weight excluding hydrogens is 238 g/mol. The smallest absolute Gasteiger partial charge is 0.0849 e. The van der Waals surface area contributed by atoms with Gasteiger partial charge in [-0.2, -0.15) is 0 Å². The van der Waals surface area contributed by atoms with E-state index in [4.69, 9.17) is 9.47 Å². The van der Waals surface area contributed by atoms with Crippen molar-refractivity contribution in [3.63, 3.8) is 0 Å². The maximum atomic E-state index is 6.04. The van der Waals surface area contributed by atoms with Crippen LogP contribution in [-0.2, 0) is 22.7 Å². The number of rotatable bonds is 4. The molecule has 19 heavy (non-hydrogen) atoms. The highest BCUT2D eigenvalue weighted by Crippen LogP contribution is 2.38. The molecule has 0 aromatic heterocycles. The van der Waals surface area contributed by atoms with Crippen molar-refractivity contribution in [2.75, 3.05) is 13.2 Å². The largest absolute Gasteiger partial charge is 0.373 e. The van der Waals surface area contributed by atoms with E-state index in [1.165, 1.54) is 16.7 Å². The van der Waals surface area contributed by atoms with E-state index in [0.29, 0.717) is 0 Å². The third-order valence-electron chi connectivity index (χ3n) is 4.35. The number of nitrogens with one attached hydrogen (secondary N) is 1. The Hall–Kier alpha value is -0.900. The minimum atomic E-state index is -0.0797. The van der Waals surface area contributed by atoms with Crippen molar-refractivity contribution in [2.24, 2.45) is 0 Å². The Balaban J connectivity index is 1.91. The van der Waals surface area contributed by atoms with Crippen LogP contribution in [0.5, 0.6) is 0 Å². The molecular formula is C16H23NO2. The summed E-state index contributed by atoms with van der Waals surface area (Å²) in [6, 6.07) is 7.00. The normalized spacial score (nSPS) is 27.5. The number of fused-ring (bicyclic) bond motifs is 1. The molecule has 2 aliphatic heterocycles. The number of hydrogen-bond donors (Lipinski definition) is 1. The minimum absolute atomic E-state index is 0.0797. The molecule has 1 fully saturated rings. The van der Waals surface area contributed by atoms with Crippen molar-refractivity contribution in [3.05, 3.63) is 34.9 Å². The lowest BCUT2D eigenvalue weighted by molar-refractivity contribution is -0.0121. The lowest BCUT2D eigenvalue weighted by atomic mass is 9.86. The summed E-state index contributed by atoms with van der Waals surface area (Å²) in [5, 5.41) is 3.61. The summed E-state index contributed by atoms with van der Waals surface area (Å²) < 4.78 is 11.5. The molecule has 2 heterocycles. The fraction of sp³-hybridized carbons (Fsp3) is 0.625. The highest BCUT2D eigenvalue weighted by atomic mass is 16.5. The molecule has 1 saturated heterocycles. The molecule has 0 radical (unpaired) electrons. The minimum Gasteiger partial charge on any atom is -0.373 e. The van der Waals surface area contributed by atoms with Crippen LogP contribution >= 0.6 is 0 Å². The second kappa shape index (κ2) is 5.23. The van der Waals surface area contributed by atoms with Gasteiger partial charge in [0.25, 0.3) is 0 Å². The van der Waals surface area contributed by atoms with Crippen molar-refractivity contribution in [1.29, 1.82) is 0 Å². The monoisotopic (exact) mass is 261 g/mol. The predicted molar refractivity (Wildman–Crippen MR) is 74.9 cm³/mol. The zero-order valence-corrected chi connectivity index (χ0v) is 11.9. The molecule has 2 aliphatic rings. The maximum Gasteiger partial charge on any atom is 0.0849 e. The van der Waals surface area contributed by atoms with Crippen LogP contribution in [0, 0.1) is 0 Å². The first kappa shape index (κ1) is 13.1. The van der Waals surface area contributed by atoms with Gasteiger partial charge >= 0.3 is 0 Å². The summed E-state index contributed by atoms with van der Waals surface area (Å²) in [5.41, 5.74) is 3.91. The van der Waals surface area contributed by atoms with E-state index in [1.54, 1.807) is 0 Å². The van der Waals surface area contributed by atoms with E-state index >= 15 is 0 Å². The predicted octanol–water partition coefficient (Wildman–Crippen LogP) is 2.94. The van der Waals surface area contributed by atoms with Crippen LogP contribution in [0.2, 0.25) is 0 Å². The van der Waals surface area contributed by atoms with Crippen molar-refractivity contribution >= 4 is 0 Å². The van der Waals surface area contributed by atoms with E-state index in [-0.39, 0.29) is 11.6 Å². The molecule has 0 amide bonds. The lowest BCUT2D eigenvalue weighted by Gasteiger charge is -2.34. The van der Waals surface area contributed by atoms with Gasteiger partial charge in [-0.05, 0) is 43.0 Å². The summed E-state index contributed by atoms with van der Waals surface area (Å²) in [6.45, 7) is 7.73. The summed E-state index contributed by atoms with van der Waals surface area (Å²) in [7, 11) is 0. The average Bonchev–Trinajstić information content (AvgIpc) is 3.04. The second-order valence-electron chi connectivity index (χ2n) is 5.78. The zero-order chi connectivity index (χ0) is 13.3. The molecule has 2 atom stereocenters. The number of likely N-dealkylation sites (N-methyl/N-ethyl adjacent to an activating group) is 1. The Labute approximate surface area is 115 Å². The van der Waals surface area contributed by atoms with Crippen molar-refractivity contribution < 1.29 is 9.47 Å². The Morgan fingerprint density at radius 3 is 2.89 bits per heavy atom. The van der Waals surface area contributed by atoms with Gasteiger partial charge in [-0.3, -0.25) is 0 Å². The Morgan fingerprint density at radius 1 is 1.32 bits per heavy atom. The topological polar surface area (TPSA) is 30.5 Å². The van der Waals surface area contributed by atoms with Crippen LogP contribution in [0.4, 0.5) is 0 Å². The van der Waals surface area contributed by atoms with E-state index in [9.17, 15) is 0 Å². The van der Waals surface area contributed by atoms with Gasteiger partial charge in [0.15, 0.2) is 0 Å². The van der Waals surface area contributed by atoms with Gasteiger partial charge in [0.2, 0.25) is 0 Å². The summed E-state index contributed by atoms with van der Waals surface area (Å²) in [4.78, 5) is 0. The van der Waals surface area contributed by atoms with E-state index in [1.807, 2.05) is 0 Å². The van der Waals surface area contributed by atoms with Crippen LogP contribution in [0.15, 0.2) is 18.2 Å². The van der Waals surface area contributed by atoms with E-state index in [0.717, 1.165) is 39.2 Å². The highest BCUT2D eigenvalue weighted by Gasteiger charge is 2.39. The Bertz CT molecular complexity index is 452. The molecule has 0 saturated carbocycles. The first-order valence-electron chi connectivity index (χ1n) is 7.30. The number of hydrogen-bond acceptors (Lipinski definition) is 3. The average molecular weight is 261 g/mol. The Kier molecular flexibility index (Phi) is 3.61. The molecule has 1 N–H and O–H groups in total. The maximum absolute atomic E-state index is 6.04. The Morgan fingerprint density at radius 2 is 2.16 bits per heavy atom. The molecule has 3 rings (SSSR count). The number of benzene rings is 1. The summed E-state index contributed by atoms with van der Waals surface area (Å²) >= 11 is 0. The van der Waals surface area contributed by atoms with Crippen LogP contribution in [0.3, 0.4) is 0 Å². The summed E-state index contributed by atoms with van der Waals surface area (Å²) in [5.74, 6) is 0. The van der Waals surface area contributed by atoms with Gasteiger partial charge in [0, 0.05) is 6.61 Å². The first-order valence-corrected chi connectivity index (χ1v) is 7.30. The van der Waals surface area contributed by atoms with Gasteiger partial charge in [-0.1, -0.05) is 25.1 Å². The molecule has 3 heteroatoms. The quantitative estimate of drug-likeness (QED) is 0.904. The van der Waals surface area contributed by atoms with E-state index < -0.39 is 0 Å². The molecule has 3 nitrogen and oxygen atoms in total. The van der Waals surface area contributed by atoms with Gasteiger partial charge < -0.3 is 14.8 Å². The molecule has 0 bridgehead atoms. The van der Waals surface area contributed by atoms with Gasteiger partial charge in [0.1, 0.15) is 0 Å². The molecule has 104 valence electrons. The lowest BCUT2D eigenvalue weighted by Crippen LogP contribution is -2.41. The zero-order valence-electron chi connectivity index (χ0n) is 11.9. The van der Waals surface area contributed by atoms with Gasteiger partial charge in [-0.25, -0.2) is 0 Å². The van der Waals surface area contributed by atoms with Crippen molar-refractivity contribution in [2.45, 2.75) is 51.5 Å². The highest BCUT2D eigenvalue weighted by molar-refractivity contribution is 5.35.